The molecule has 1 aliphatic heterocycles. The fourth-order valence-corrected chi connectivity index (χ4v) is 4.22. The van der Waals surface area contributed by atoms with E-state index in [1.54, 1.807) is 11.8 Å². The van der Waals surface area contributed by atoms with Crippen LogP contribution in [0.3, 0.4) is 0 Å². The fourth-order valence-electron chi connectivity index (χ4n) is 2.49. The van der Waals surface area contributed by atoms with Gasteiger partial charge in [-0.2, -0.15) is 5.10 Å². The van der Waals surface area contributed by atoms with Crippen LogP contribution in [0.1, 0.15) is 36.5 Å². The lowest BCUT2D eigenvalue weighted by atomic mass is 10.1. The van der Waals surface area contributed by atoms with Gasteiger partial charge in [0.05, 0.1) is 18.7 Å². The van der Waals surface area contributed by atoms with Crippen molar-refractivity contribution in [2.75, 3.05) is 11.9 Å². The van der Waals surface area contributed by atoms with Gasteiger partial charge >= 0.3 is 0 Å². The molecule has 2 N–H and O–H groups in total. The van der Waals surface area contributed by atoms with E-state index in [-0.39, 0.29) is 12.3 Å². The molecule has 2 aromatic rings. The second-order valence-electron chi connectivity index (χ2n) is 6.29. The van der Waals surface area contributed by atoms with Gasteiger partial charge in [-0.1, -0.05) is 30.8 Å². The van der Waals surface area contributed by atoms with Gasteiger partial charge in [0.15, 0.2) is 5.17 Å². The summed E-state index contributed by atoms with van der Waals surface area (Å²) in [6, 6.07) is 7.96. The summed E-state index contributed by atoms with van der Waals surface area (Å²) < 4.78 is 0. The number of rotatable bonds is 6. The van der Waals surface area contributed by atoms with Crippen molar-refractivity contribution in [3.05, 3.63) is 45.9 Å². The van der Waals surface area contributed by atoms with Crippen molar-refractivity contribution in [3.63, 3.8) is 0 Å². The molecule has 0 fully saturated rings. The number of amidine groups is 1. The highest BCUT2D eigenvalue weighted by Gasteiger charge is 2.17. The average molecular weight is 402 g/mol. The average Bonchev–Trinajstić information content (AvgIpc) is 3.29. The minimum absolute atomic E-state index is 0.163. The van der Waals surface area contributed by atoms with Gasteiger partial charge < -0.3 is 5.32 Å². The normalized spacial score (nSPS) is 16.9. The molecule has 0 radical (unpaired) electrons. The van der Waals surface area contributed by atoms with E-state index in [1.165, 1.54) is 11.3 Å². The molecule has 3 rings (SSSR count). The Hall–Kier alpha value is -2.19. The lowest BCUT2D eigenvalue weighted by molar-refractivity contribution is -0.120. The first-order valence-corrected chi connectivity index (χ1v) is 10.6. The maximum atomic E-state index is 12.0. The van der Waals surface area contributed by atoms with Crippen LogP contribution in [0, 0.1) is 6.92 Å². The second kappa shape index (κ2) is 9.14. The number of nitrogens with one attached hydrogen (secondary N) is 2. The summed E-state index contributed by atoms with van der Waals surface area (Å²) in [5.41, 5.74) is 6.24. The molecule has 142 valence electrons. The number of hydrazone groups is 1. The number of hydrogen-bond donors (Lipinski definition) is 2. The number of aryl methyl sites for hydroxylation is 1. The first kappa shape index (κ1) is 19.6. The van der Waals surface area contributed by atoms with Gasteiger partial charge in [-0.25, -0.2) is 10.4 Å². The first-order valence-electron chi connectivity index (χ1n) is 8.86. The van der Waals surface area contributed by atoms with Crippen molar-refractivity contribution in [2.24, 2.45) is 10.1 Å². The van der Waals surface area contributed by atoms with Crippen molar-refractivity contribution in [1.29, 1.82) is 0 Å². The third kappa shape index (κ3) is 5.64. The fraction of sp³-hybridized carbons (Fsp3) is 0.368. The van der Waals surface area contributed by atoms with Crippen LogP contribution in [0.4, 0.5) is 5.69 Å². The molecular formula is C19H23N5OS2. The van der Waals surface area contributed by atoms with E-state index in [9.17, 15) is 4.79 Å². The number of amides is 1. The predicted molar refractivity (Wildman–Crippen MR) is 115 cm³/mol. The van der Waals surface area contributed by atoms with Gasteiger partial charge in [0.25, 0.3) is 0 Å². The van der Waals surface area contributed by atoms with Crippen molar-refractivity contribution in [1.82, 2.24) is 10.4 Å². The van der Waals surface area contributed by atoms with Crippen LogP contribution < -0.4 is 10.7 Å². The van der Waals surface area contributed by atoms with Crippen LogP contribution in [0.15, 0.2) is 39.7 Å². The molecular weight excluding hydrogens is 378 g/mol. The summed E-state index contributed by atoms with van der Waals surface area (Å²) in [5, 5.41) is 11.8. The monoisotopic (exact) mass is 401 g/mol. The number of thioether (sulfide) groups is 1. The summed E-state index contributed by atoms with van der Waals surface area (Å²) in [7, 11) is 0. The van der Waals surface area contributed by atoms with Crippen molar-refractivity contribution in [3.8, 4) is 0 Å². The highest BCUT2D eigenvalue weighted by Crippen LogP contribution is 2.24. The van der Waals surface area contributed by atoms with Crippen LogP contribution in [0.2, 0.25) is 0 Å². The Morgan fingerprint density at radius 3 is 2.74 bits per heavy atom. The van der Waals surface area contributed by atoms with E-state index in [4.69, 9.17) is 0 Å². The molecule has 2 heterocycles. The number of thiazole rings is 1. The van der Waals surface area contributed by atoms with Crippen LogP contribution in [0.5, 0.6) is 0 Å². The Bertz CT molecular complexity index is 857. The lowest BCUT2D eigenvalue weighted by Gasteiger charge is -2.08. The summed E-state index contributed by atoms with van der Waals surface area (Å²) >= 11 is 3.28. The molecule has 8 heteroatoms. The van der Waals surface area contributed by atoms with E-state index in [0.29, 0.717) is 5.25 Å². The Morgan fingerprint density at radius 1 is 1.33 bits per heavy atom. The SMILES string of the molecule is CC[C@@H]1CN=C(Nc2ccc(/C(C)=N\NC(=O)Cc3nc(C)cs3)cc2)S1. The molecule has 0 saturated carbocycles. The largest absolute Gasteiger partial charge is 0.335 e. The number of anilines is 1. The molecule has 0 saturated heterocycles. The van der Waals surface area contributed by atoms with Gasteiger partial charge in [0.2, 0.25) is 5.91 Å². The molecule has 1 aromatic heterocycles. The van der Waals surface area contributed by atoms with Gasteiger partial charge in [-0.3, -0.25) is 9.79 Å². The minimum Gasteiger partial charge on any atom is -0.335 e. The molecule has 1 aliphatic rings. The standard InChI is InChI=1S/C19H23N5OS2/c1-4-16-10-20-19(27-16)22-15-7-5-14(6-8-15)13(3)23-24-17(25)9-18-21-12(2)11-26-18/h5-8,11,16H,4,9-10H2,1-3H3,(H,20,22)(H,24,25)/b23-13-/t16-/m1/s1. The van der Waals surface area contributed by atoms with E-state index in [2.05, 4.69) is 32.7 Å². The molecule has 0 unspecified atom stereocenters. The zero-order valence-electron chi connectivity index (χ0n) is 15.7. The van der Waals surface area contributed by atoms with Crippen LogP contribution in [-0.4, -0.2) is 33.6 Å². The van der Waals surface area contributed by atoms with Crippen molar-refractivity contribution < 1.29 is 4.79 Å². The molecule has 1 amide bonds. The zero-order valence-corrected chi connectivity index (χ0v) is 17.3. The van der Waals surface area contributed by atoms with Crippen LogP contribution in [-0.2, 0) is 11.2 Å². The third-order valence-corrected chi connectivity index (χ3v) is 6.29. The summed E-state index contributed by atoms with van der Waals surface area (Å²) in [6.45, 7) is 6.86. The minimum atomic E-state index is -0.163. The number of carbonyl (C=O) groups is 1. The Morgan fingerprint density at radius 2 is 2.11 bits per heavy atom. The van der Waals surface area contributed by atoms with E-state index in [1.807, 2.05) is 43.5 Å². The smallest absolute Gasteiger partial charge is 0.246 e. The molecule has 0 spiro atoms. The maximum Gasteiger partial charge on any atom is 0.246 e. The molecule has 1 aromatic carbocycles. The number of aliphatic imine (C=N–C) groups is 1. The lowest BCUT2D eigenvalue weighted by Crippen LogP contribution is -2.21. The Balaban J connectivity index is 1.52. The van der Waals surface area contributed by atoms with E-state index in [0.717, 1.165) is 45.8 Å². The second-order valence-corrected chi connectivity index (χ2v) is 8.52. The first-order chi connectivity index (χ1) is 13.0. The predicted octanol–water partition coefficient (Wildman–Crippen LogP) is 3.83. The number of nitrogens with zero attached hydrogens (tertiary/aromatic N) is 3. The van der Waals surface area contributed by atoms with Gasteiger partial charge in [0, 0.05) is 22.0 Å². The number of carbonyl (C=O) groups excluding carboxylic acids is 1. The molecule has 1 atom stereocenters. The molecule has 27 heavy (non-hydrogen) atoms. The van der Waals surface area contributed by atoms with E-state index < -0.39 is 0 Å². The van der Waals surface area contributed by atoms with Crippen molar-refractivity contribution >= 4 is 45.6 Å². The number of hydrogen-bond acceptors (Lipinski definition) is 7. The van der Waals surface area contributed by atoms with Crippen molar-refractivity contribution in [2.45, 2.75) is 38.9 Å². The molecule has 0 aliphatic carbocycles. The molecule has 6 nitrogen and oxygen atoms in total. The van der Waals surface area contributed by atoms with Gasteiger partial charge in [-0.15, -0.1) is 11.3 Å². The van der Waals surface area contributed by atoms with Crippen LogP contribution >= 0.6 is 23.1 Å². The quantitative estimate of drug-likeness (QED) is 0.570. The molecule has 0 bridgehead atoms. The highest BCUT2D eigenvalue weighted by molar-refractivity contribution is 8.15. The topological polar surface area (TPSA) is 78.7 Å². The number of benzene rings is 1. The summed E-state index contributed by atoms with van der Waals surface area (Å²) in [4.78, 5) is 20.8. The van der Waals surface area contributed by atoms with Gasteiger partial charge in [-0.05, 0) is 38.0 Å². The highest BCUT2D eigenvalue weighted by atomic mass is 32.2. The van der Waals surface area contributed by atoms with E-state index >= 15 is 0 Å². The third-order valence-electron chi connectivity index (χ3n) is 4.05. The Kier molecular flexibility index (Phi) is 6.63. The summed E-state index contributed by atoms with van der Waals surface area (Å²) in [6.07, 6.45) is 1.37. The van der Waals surface area contributed by atoms with Crippen LogP contribution in [0.25, 0.3) is 0 Å². The zero-order chi connectivity index (χ0) is 19.2. The Labute approximate surface area is 167 Å². The maximum absolute atomic E-state index is 12.0. The summed E-state index contributed by atoms with van der Waals surface area (Å²) in [5.74, 6) is -0.163. The number of aromatic nitrogens is 1. The van der Waals surface area contributed by atoms with Gasteiger partial charge in [0.1, 0.15) is 5.01 Å².